The Morgan fingerprint density at radius 2 is 1.40 bits per heavy atom. The van der Waals surface area contributed by atoms with E-state index in [1.165, 1.54) is 24.3 Å². The number of rotatable bonds is 3. The van der Waals surface area contributed by atoms with Gasteiger partial charge in [0, 0.05) is 15.6 Å². The van der Waals surface area contributed by atoms with Crippen molar-refractivity contribution in [3.8, 4) is 0 Å². The maximum absolute atomic E-state index is 12.3. The van der Waals surface area contributed by atoms with Crippen molar-refractivity contribution in [2.24, 2.45) is 0 Å². The van der Waals surface area contributed by atoms with Crippen molar-refractivity contribution in [3.05, 3.63) is 64.1 Å². The van der Waals surface area contributed by atoms with Gasteiger partial charge in [-0.05, 0) is 40.9 Å². The van der Waals surface area contributed by atoms with Gasteiger partial charge in [0.1, 0.15) is 0 Å². The molecule has 0 saturated carbocycles. The van der Waals surface area contributed by atoms with Gasteiger partial charge in [-0.1, -0.05) is 35.3 Å². The van der Waals surface area contributed by atoms with Crippen LogP contribution in [0.3, 0.4) is 0 Å². The largest absolute Gasteiger partial charge is 0.267 e. The zero-order valence-electron chi connectivity index (χ0n) is 10.0. The Hall–Kier alpha value is -1.11. The van der Waals surface area contributed by atoms with Crippen LogP contribution in [0.5, 0.6) is 0 Å². The predicted octanol–water partition coefficient (Wildman–Crippen LogP) is 3.63. The molecule has 20 heavy (non-hydrogen) atoms. The summed E-state index contributed by atoms with van der Waals surface area (Å²) in [6, 6.07) is 12.8. The molecule has 1 aliphatic rings. The number of hydrogen-bond donors (Lipinski definition) is 0. The minimum absolute atomic E-state index is 0.137. The smallest absolute Gasteiger partial charge is 0.253 e. The fourth-order valence-corrected chi connectivity index (χ4v) is 3.28. The van der Waals surface area contributed by atoms with Gasteiger partial charge in [0.2, 0.25) is 0 Å². The average molecular weight is 330 g/mol. The van der Waals surface area contributed by atoms with Crippen LogP contribution in [0.15, 0.2) is 53.4 Å². The molecule has 0 aromatic heterocycles. The van der Waals surface area contributed by atoms with Crippen LogP contribution in [0.25, 0.3) is 0 Å². The van der Waals surface area contributed by atoms with E-state index in [4.69, 9.17) is 28.0 Å². The van der Waals surface area contributed by atoms with E-state index in [1.807, 2.05) is 0 Å². The van der Waals surface area contributed by atoms with E-state index in [-0.39, 0.29) is 4.90 Å². The second kappa shape index (κ2) is 5.02. The molecule has 1 saturated heterocycles. The Kier molecular flexibility index (Phi) is 3.48. The summed E-state index contributed by atoms with van der Waals surface area (Å²) in [6.45, 7) is 0. The minimum atomic E-state index is -3.67. The maximum atomic E-state index is 12.3. The lowest BCUT2D eigenvalue weighted by Gasteiger charge is -2.02. The van der Waals surface area contributed by atoms with Crippen LogP contribution in [0.1, 0.15) is 11.8 Å². The number of sulfonamides is 1. The van der Waals surface area contributed by atoms with Crippen molar-refractivity contribution in [1.82, 2.24) is 4.47 Å². The van der Waals surface area contributed by atoms with Crippen molar-refractivity contribution < 1.29 is 13.3 Å². The minimum Gasteiger partial charge on any atom is -0.253 e. The molecule has 2 unspecified atom stereocenters. The van der Waals surface area contributed by atoms with Crippen molar-refractivity contribution >= 4 is 33.2 Å². The van der Waals surface area contributed by atoms with E-state index in [1.54, 1.807) is 24.3 Å². The number of hydrogen-bond acceptors (Lipinski definition) is 3. The molecule has 2 aromatic carbocycles. The molecule has 104 valence electrons. The molecule has 1 fully saturated rings. The fraction of sp³-hybridized carbons (Fsp3) is 0.0769. The monoisotopic (exact) mass is 329 g/mol. The quantitative estimate of drug-likeness (QED) is 0.808. The average Bonchev–Trinajstić information content (AvgIpc) is 3.21. The lowest BCUT2D eigenvalue weighted by atomic mass is 10.2. The van der Waals surface area contributed by atoms with Gasteiger partial charge in [-0.15, -0.1) is 0 Å². The fourth-order valence-electron chi connectivity index (χ4n) is 1.77. The van der Waals surface area contributed by atoms with E-state index in [0.29, 0.717) is 10.0 Å². The third-order valence-electron chi connectivity index (χ3n) is 2.85. The van der Waals surface area contributed by atoms with Crippen LogP contribution in [0.2, 0.25) is 10.0 Å². The summed E-state index contributed by atoms with van der Waals surface area (Å²) in [7, 11) is -3.67. The highest BCUT2D eigenvalue weighted by Crippen LogP contribution is 2.42. The summed E-state index contributed by atoms with van der Waals surface area (Å²) >= 11 is 11.5. The van der Waals surface area contributed by atoms with Gasteiger partial charge in [0.15, 0.2) is 6.23 Å². The highest BCUT2D eigenvalue weighted by Gasteiger charge is 2.48. The van der Waals surface area contributed by atoms with Gasteiger partial charge in [0.25, 0.3) is 10.0 Å². The highest BCUT2D eigenvalue weighted by atomic mass is 35.5. The van der Waals surface area contributed by atoms with E-state index < -0.39 is 16.3 Å². The molecular formula is C13H9Cl2NO3S. The highest BCUT2D eigenvalue weighted by molar-refractivity contribution is 7.89. The van der Waals surface area contributed by atoms with E-state index in [9.17, 15) is 8.42 Å². The summed E-state index contributed by atoms with van der Waals surface area (Å²) in [5.41, 5.74) is 0.729. The third-order valence-corrected chi connectivity index (χ3v) is 4.98. The molecule has 1 aliphatic heterocycles. The Balaban J connectivity index is 1.84. The lowest BCUT2D eigenvalue weighted by Crippen LogP contribution is -2.12. The zero-order chi connectivity index (χ0) is 14.3. The molecule has 7 heteroatoms. The molecule has 1 heterocycles. The van der Waals surface area contributed by atoms with Gasteiger partial charge in [-0.2, -0.15) is 0 Å². The SMILES string of the molecule is O=S(=O)(c1ccc(Cl)cc1)N1OC1c1ccc(Cl)cc1. The lowest BCUT2D eigenvalue weighted by molar-refractivity contribution is 0.283. The molecule has 0 bridgehead atoms. The third kappa shape index (κ3) is 2.55. The van der Waals surface area contributed by atoms with Crippen molar-refractivity contribution in [3.63, 3.8) is 0 Å². The molecule has 2 atom stereocenters. The first kappa shape index (κ1) is 13.9. The number of nitrogens with zero attached hydrogens (tertiary/aromatic N) is 1. The van der Waals surface area contributed by atoms with Gasteiger partial charge in [-0.25, -0.2) is 8.42 Å². The van der Waals surface area contributed by atoms with E-state index in [2.05, 4.69) is 0 Å². The Morgan fingerprint density at radius 1 is 0.900 bits per heavy atom. The topological polar surface area (TPSA) is 49.7 Å². The first-order valence-corrected chi connectivity index (χ1v) is 7.90. The summed E-state index contributed by atoms with van der Waals surface area (Å²) in [5.74, 6) is 0. The van der Waals surface area contributed by atoms with Gasteiger partial charge < -0.3 is 0 Å². The van der Waals surface area contributed by atoms with Crippen LogP contribution in [-0.2, 0) is 14.9 Å². The summed E-state index contributed by atoms with van der Waals surface area (Å²) < 4.78 is 25.5. The number of hydroxylamine groups is 1. The molecule has 0 radical (unpaired) electrons. The second-order valence-corrected chi connectivity index (χ2v) is 6.88. The zero-order valence-corrected chi connectivity index (χ0v) is 12.4. The first-order chi connectivity index (χ1) is 9.48. The summed E-state index contributed by atoms with van der Waals surface area (Å²) in [4.78, 5) is 5.30. The normalized spacial score (nSPS) is 21.7. The van der Waals surface area contributed by atoms with Crippen LogP contribution in [-0.4, -0.2) is 12.9 Å². The van der Waals surface area contributed by atoms with E-state index >= 15 is 0 Å². The first-order valence-electron chi connectivity index (χ1n) is 5.71. The van der Waals surface area contributed by atoms with Crippen LogP contribution >= 0.6 is 23.2 Å². The molecule has 3 rings (SSSR count). The molecule has 0 spiro atoms. The molecular weight excluding hydrogens is 321 g/mol. The molecule has 4 nitrogen and oxygen atoms in total. The van der Waals surface area contributed by atoms with Crippen LogP contribution in [0, 0.1) is 0 Å². The van der Waals surface area contributed by atoms with E-state index in [0.717, 1.165) is 10.0 Å². The van der Waals surface area contributed by atoms with Crippen LogP contribution < -0.4 is 0 Å². The van der Waals surface area contributed by atoms with Gasteiger partial charge in [0.05, 0.1) is 4.90 Å². The Labute approximate surface area is 126 Å². The molecule has 0 N–H and O–H groups in total. The van der Waals surface area contributed by atoms with Crippen LogP contribution in [0.4, 0.5) is 0 Å². The number of halogens is 2. The Morgan fingerprint density at radius 3 is 1.95 bits per heavy atom. The summed E-state index contributed by atoms with van der Waals surface area (Å²) in [6.07, 6.45) is -0.604. The maximum Gasteiger partial charge on any atom is 0.267 e. The number of benzene rings is 2. The molecule has 0 aliphatic carbocycles. The van der Waals surface area contributed by atoms with Crippen molar-refractivity contribution in [2.75, 3.05) is 0 Å². The van der Waals surface area contributed by atoms with Crippen molar-refractivity contribution in [1.29, 1.82) is 0 Å². The Bertz CT molecular complexity index is 729. The van der Waals surface area contributed by atoms with Crippen molar-refractivity contribution in [2.45, 2.75) is 11.1 Å². The standard InChI is InChI=1S/C13H9Cl2NO3S/c14-10-3-1-9(2-4-10)13-16(19-13)20(17,18)12-7-5-11(15)6-8-12/h1-8,13H. The molecule has 2 aromatic rings. The second-order valence-electron chi connectivity index (χ2n) is 4.22. The summed E-state index contributed by atoms with van der Waals surface area (Å²) in [5, 5.41) is 1.06. The van der Waals surface area contributed by atoms with Gasteiger partial charge >= 0.3 is 0 Å². The predicted molar refractivity (Wildman–Crippen MR) is 75.8 cm³/mol. The molecule has 0 amide bonds. The van der Waals surface area contributed by atoms with Gasteiger partial charge in [-0.3, -0.25) is 4.84 Å².